The smallest absolute Gasteiger partial charge is 0.167 e. The summed E-state index contributed by atoms with van der Waals surface area (Å²) in [5.41, 5.74) is 5.90. The van der Waals surface area contributed by atoms with Crippen LogP contribution in [0.1, 0.15) is 13.8 Å². The second-order valence-corrected chi connectivity index (χ2v) is 3.61. The quantitative estimate of drug-likeness (QED) is 0.778. The summed E-state index contributed by atoms with van der Waals surface area (Å²) in [7, 11) is 1.39. The van der Waals surface area contributed by atoms with E-state index in [0.717, 1.165) is 0 Å². The van der Waals surface area contributed by atoms with E-state index in [4.69, 9.17) is 19.9 Å². The van der Waals surface area contributed by atoms with E-state index in [9.17, 15) is 4.39 Å². The first kappa shape index (κ1) is 13.6. The molecule has 4 nitrogen and oxygen atoms in total. The molecular weight excluding hydrogens is 225 g/mol. The van der Waals surface area contributed by atoms with Crippen LogP contribution in [0.15, 0.2) is 12.1 Å². The highest BCUT2D eigenvalue weighted by Crippen LogP contribution is 2.30. The fraction of sp³-hybridized carbons (Fsp3) is 0.500. The molecule has 0 aliphatic rings. The summed E-state index contributed by atoms with van der Waals surface area (Å²) in [5.74, 6) is 0.00285. The summed E-state index contributed by atoms with van der Waals surface area (Å²) in [6.07, 6.45) is -0.160. The zero-order valence-electron chi connectivity index (χ0n) is 10.3. The summed E-state index contributed by atoms with van der Waals surface area (Å²) in [5, 5.41) is 0. The monoisotopic (exact) mass is 243 g/mol. The molecule has 0 bridgehead atoms. The van der Waals surface area contributed by atoms with Gasteiger partial charge in [-0.3, -0.25) is 0 Å². The number of hydrogen-bond donors (Lipinski definition) is 1. The Morgan fingerprint density at radius 1 is 1.35 bits per heavy atom. The lowest BCUT2D eigenvalue weighted by molar-refractivity contribution is 0.0659. The molecule has 0 aliphatic heterocycles. The van der Waals surface area contributed by atoms with Crippen molar-refractivity contribution in [3.63, 3.8) is 0 Å². The van der Waals surface area contributed by atoms with Crippen molar-refractivity contribution in [1.29, 1.82) is 0 Å². The van der Waals surface area contributed by atoms with E-state index in [-0.39, 0.29) is 17.5 Å². The summed E-state index contributed by atoms with van der Waals surface area (Å²) >= 11 is 0. The standard InChI is InChI=1S/C12H18FNO3/c1-4-16-7-8(2)17-12-6-11(15-3)9(13)5-10(12)14/h5-6,8H,4,7,14H2,1-3H3. The van der Waals surface area contributed by atoms with Crippen molar-refractivity contribution in [1.82, 2.24) is 0 Å². The third kappa shape index (κ3) is 3.78. The van der Waals surface area contributed by atoms with Gasteiger partial charge in [0.1, 0.15) is 11.9 Å². The molecule has 0 radical (unpaired) electrons. The first-order valence-electron chi connectivity index (χ1n) is 5.45. The van der Waals surface area contributed by atoms with Crippen molar-refractivity contribution in [2.45, 2.75) is 20.0 Å². The average Bonchev–Trinajstić information content (AvgIpc) is 2.30. The molecule has 1 atom stereocenters. The average molecular weight is 243 g/mol. The van der Waals surface area contributed by atoms with Gasteiger partial charge < -0.3 is 19.9 Å². The van der Waals surface area contributed by atoms with E-state index < -0.39 is 5.82 Å². The van der Waals surface area contributed by atoms with Crippen LogP contribution in [0.3, 0.4) is 0 Å². The van der Waals surface area contributed by atoms with Crippen molar-refractivity contribution < 1.29 is 18.6 Å². The fourth-order valence-corrected chi connectivity index (χ4v) is 1.34. The summed E-state index contributed by atoms with van der Waals surface area (Å²) in [4.78, 5) is 0. The molecule has 5 heteroatoms. The molecule has 0 saturated heterocycles. The Balaban J connectivity index is 2.76. The lowest BCUT2D eigenvalue weighted by atomic mass is 10.2. The number of methoxy groups -OCH3 is 1. The van der Waals surface area contributed by atoms with Gasteiger partial charge in [0.2, 0.25) is 0 Å². The fourth-order valence-electron chi connectivity index (χ4n) is 1.34. The van der Waals surface area contributed by atoms with Crippen molar-refractivity contribution in [3.05, 3.63) is 17.9 Å². The van der Waals surface area contributed by atoms with Crippen LogP contribution < -0.4 is 15.2 Å². The lowest BCUT2D eigenvalue weighted by Crippen LogP contribution is -2.19. The van der Waals surface area contributed by atoms with Gasteiger partial charge in [-0.1, -0.05) is 0 Å². The minimum Gasteiger partial charge on any atom is -0.494 e. The van der Waals surface area contributed by atoms with Crippen LogP contribution in [0.5, 0.6) is 11.5 Å². The van der Waals surface area contributed by atoms with E-state index in [1.165, 1.54) is 19.2 Å². The highest BCUT2D eigenvalue weighted by atomic mass is 19.1. The number of nitrogen functional groups attached to an aromatic ring is 1. The van der Waals surface area contributed by atoms with Crippen LogP contribution in [0.25, 0.3) is 0 Å². The van der Waals surface area contributed by atoms with Gasteiger partial charge in [-0.2, -0.15) is 0 Å². The van der Waals surface area contributed by atoms with Crippen LogP contribution in [0.4, 0.5) is 10.1 Å². The molecule has 96 valence electrons. The molecule has 0 amide bonds. The van der Waals surface area contributed by atoms with Crippen LogP contribution in [0.2, 0.25) is 0 Å². The number of rotatable bonds is 6. The number of hydrogen-bond acceptors (Lipinski definition) is 4. The highest BCUT2D eigenvalue weighted by Gasteiger charge is 2.12. The Bertz CT molecular complexity index is 371. The Kier molecular flexibility index (Phi) is 5.03. The van der Waals surface area contributed by atoms with Crippen LogP contribution >= 0.6 is 0 Å². The van der Waals surface area contributed by atoms with Crippen molar-refractivity contribution >= 4 is 5.69 Å². The first-order chi connectivity index (χ1) is 8.08. The van der Waals surface area contributed by atoms with Crippen LogP contribution in [-0.2, 0) is 4.74 Å². The molecule has 0 fully saturated rings. The molecule has 0 aliphatic carbocycles. The largest absolute Gasteiger partial charge is 0.494 e. The number of nitrogens with two attached hydrogens (primary N) is 1. The second kappa shape index (κ2) is 6.30. The van der Waals surface area contributed by atoms with Gasteiger partial charge in [-0.05, 0) is 13.8 Å². The minimum atomic E-state index is -0.505. The molecule has 1 unspecified atom stereocenters. The van der Waals surface area contributed by atoms with Crippen molar-refractivity contribution in [2.75, 3.05) is 26.1 Å². The molecule has 1 aromatic rings. The van der Waals surface area contributed by atoms with Crippen molar-refractivity contribution in [3.8, 4) is 11.5 Å². The topological polar surface area (TPSA) is 53.7 Å². The molecule has 0 heterocycles. The number of anilines is 1. The zero-order chi connectivity index (χ0) is 12.8. The Morgan fingerprint density at radius 2 is 2.06 bits per heavy atom. The van der Waals surface area contributed by atoms with E-state index in [2.05, 4.69) is 0 Å². The number of ether oxygens (including phenoxy) is 3. The van der Waals surface area contributed by atoms with Gasteiger partial charge in [-0.15, -0.1) is 0 Å². The van der Waals surface area contributed by atoms with Gasteiger partial charge in [0.25, 0.3) is 0 Å². The SMILES string of the molecule is CCOCC(C)Oc1cc(OC)c(F)cc1N. The predicted octanol–water partition coefficient (Wildman–Crippen LogP) is 2.22. The molecule has 1 aromatic carbocycles. The predicted molar refractivity (Wildman–Crippen MR) is 63.9 cm³/mol. The van der Waals surface area contributed by atoms with Crippen molar-refractivity contribution in [2.24, 2.45) is 0 Å². The van der Waals surface area contributed by atoms with Gasteiger partial charge in [0, 0.05) is 18.7 Å². The maximum atomic E-state index is 13.3. The lowest BCUT2D eigenvalue weighted by Gasteiger charge is -2.16. The van der Waals surface area contributed by atoms with E-state index in [1.807, 2.05) is 13.8 Å². The molecule has 0 aromatic heterocycles. The van der Waals surface area contributed by atoms with Crippen LogP contribution in [0, 0.1) is 5.82 Å². The Hall–Kier alpha value is -1.49. The molecule has 0 saturated carbocycles. The molecule has 2 N–H and O–H groups in total. The third-order valence-electron chi connectivity index (χ3n) is 2.17. The maximum absolute atomic E-state index is 13.3. The first-order valence-corrected chi connectivity index (χ1v) is 5.45. The van der Waals surface area contributed by atoms with E-state index >= 15 is 0 Å². The highest BCUT2D eigenvalue weighted by molar-refractivity contribution is 5.56. The Labute approximate surface area is 100 Å². The van der Waals surface area contributed by atoms with Gasteiger partial charge in [0.15, 0.2) is 11.6 Å². The number of benzene rings is 1. The molecule has 1 rings (SSSR count). The van der Waals surface area contributed by atoms with E-state index in [0.29, 0.717) is 19.0 Å². The molecule has 17 heavy (non-hydrogen) atoms. The third-order valence-corrected chi connectivity index (χ3v) is 2.17. The summed E-state index contributed by atoms with van der Waals surface area (Å²) in [6, 6.07) is 2.62. The summed E-state index contributed by atoms with van der Waals surface area (Å²) in [6.45, 7) is 4.83. The zero-order valence-corrected chi connectivity index (χ0v) is 10.3. The van der Waals surface area contributed by atoms with Gasteiger partial charge in [-0.25, -0.2) is 4.39 Å². The second-order valence-electron chi connectivity index (χ2n) is 3.61. The van der Waals surface area contributed by atoms with Gasteiger partial charge in [0.05, 0.1) is 19.4 Å². The normalized spacial score (nSPS) is 12.2. The number of halogens is 1. The van der Waals surface area contributed by atoms with Gasteiger partial charge >= 0.3 is 0 Å². The molecular formula is C12H18FNO3. The minimum absolute atomic E-state index is 0.109. The maximum Gasteiger partial charge on any atom is 0.167 e. The van der Waals surface area contributed by atoms with Crippen LogP contribution in [-0.4, -0.2) is 26.4 Å². The Morgan fingerprint density at radius 3 is 2.65 bits per heavy atom. The summed E-state index contributed by atoms with van der Waals surface area (Å²) < 4.78 is 28.9. The van der Waals surface area contributed by atoms with E-state index in [1.54, 1.807) is 0 Å². The molecule has 0 spiro atoms.